The lowest BCUT2D eigenvalue weighted by Gasteiger charge is -2.12. The van der Waals surface area contributed by atoms with Gasteiger partial charge in [0.15, 0.2) is 5.82 Å². The molecule has 4 aromatic rings. The van der Waals surface area contributed by atoms with E-state index in [1.165, 1.54) is 11.1 Å². The second-order valence-electron chi connectivity index (χ2n) is 8.22. The summed E-state index contributed by atoms with van der Waals surface area (Å²) in [5, 5.41) is 12.0. The number of aromatic nitrogens is 2. The van der Waals surface area contributed by atoms with Crippen LogP contribution in [-0.2, 0) is 12.8 Å². The maximum absolute atomic E-state index is 5.45. The molecule has 0 fully saturated rings. The SMILES string of the molecule is CCc1ccc(C=NNc2cc(Nc3ccccc3OC)nc(NN=Cc3ccc(CC)cc3)n2)cc1. The number of nitrogens with one attached hydrogen (secondary N) is 3. The van der Waals surface area contributed by atoms with Gasteiger partial charge >= 0.3 is 0 Å². The van der Waals surface area contributed by atoms with Crippen molar-refractivity contribution in [2.75, 3.05) is 23.3 Å². The van der Waals surface area contributed by atoms with Gasteiger partial charge in [0, 0.05) is 6.07 Å². The van der Waals surface area contributed by atoms with Crippen LogP contribution in [0.4, 0.5) is 23.3 Å². The molecule has 0 bridgehead atoms. The van der Waals surface area contributed by atoms with Crippen molar-refractivity contribution in [2.24, 2.45) is 10.2 Å². The van der Waals surface area contributed by atoms with Crippen LogP contribution in [0.5, 0.6) is 5.75 Å². The predicted molar refractivity (Wildman–Crippen MR) is 152 cm³/mol. The van der Waals surface area contributed by atoms with Gasteiger partial charge in [-0.15, -0.1) is 0 Å². The molecule has 8 heteroatoms. The molecule has 8 nitrogen and oxygen atoms in total. The molecule has 0 spiro atoms. The Balaban J connectivity index is 1.53. The molecular weight excluding hydrogens is 462 g/mol. The number of benzene rings is 3. The number of hydrogen-bond donors (Lipinski definition) is 3. The van der Waals surface area contributed by atoms with Crippen LogP contribution >= 0.6 is 0 Å². The molecule has 3 aromatic carbocycles. The average Bonchev–Trinajstić information content (AvgIpc) is 2.94. The van der Waals surface area contributed by atoms with Crippen LogP contribution < -0.4 is 20.9 Å². The normalized spacial score (nSPS) is 11.1. The van der Waals surface area contributed by atoms with Crippen LogP contribution in [0.3, 0.4) is 0 Å². The predicted octanol–water partition coefficient (Wildman–Crippen LogP) is 6.25. The zero-order valence-electron chi connectivity index (χ0n) is 21.3. The smallest absolute Gasteiger partial charge is 0.247 e. The van der Waals surface area contributed by atoms with E-state index in [2.05, 4.69) is 74.5 Å². The summed E-state index contributed by atoms with van der Waals surface area (Å²) < 4.78 is 5.45. The number of methoxy groups -OCH3 is 1. The Bertz CT molecular complexity index is 1270. The zero-order valence-corrected chi connectivity index (χ0v) is 21.3. The minimum absolute atomic E-state index is 0.311. The number of hydrazone groups is 2. The molecule has 0 saturated carbocycles. The number of aryl methyl sites for hydroxylation is 2. The standard InChI is InChI=1S/C29H31N7O/c1-4-21-10-14-23(15-11-21)19-30-35-28-18-27(32-25-8-6-7-9-26(25)37-3)33-29(34-28)36-31-20-24-16-12-22(5-2)13-17-24/h6-20H,4-5H2,1-3H3,(H3,32,33,34,35,36). The number of rotatable bonds is 11. The van der Waals surface area contributed by atoms with E-state index in [0.29, 0.717) is 23.3 Å². The molecular formula is C29H31N7O. The number of ether oxygens (including phenoxy) is 1. The summed E-state index contributed by atoms with van der Waals surface area (Å²) in [6, 6.07) is 25.9. The molecule has 0 amide bonds. The second kappa shape index (κ2) is 12.8. The quantitative estimate of drug-likeness (QED) is 0.169. The maximum atomic E-state index is 5.45. The van der Waals surface area contributed by atoms with E-state index in [9.17, 15) is 0 Å². The lowest BCUT2D eigenvalue weighted by atomic mass is 10.1. The Morgan fingerprint density at radius 3 is 1.89 bits per heavy atom. The summed E-state index contributed by atoms with van der Waals surface area (Å²) in [5.41, 5.74) is 11.2. The molecule has 0 unspecified atom stereocenters. The highest BCUT2D eigenvalue weighted by Crippen LogP contribution is 2.27. The van der Waals surface area contributed by atoms with Gasteiger partial charge in [-0.05, 0) is 47.2 Å². The van der Waals surface area contributed by atoms with Crippen molar-refractivity contribution in [3.05, 3.63) is 101 Å². The van der Waals surface area contributed by atoms with Crippen LogP contribution in [0.25, 0.3) is 0 Å². The molecule has 0 radical (unpaired) electrons. The van der Waals surface area contributed by atoms with Crippen molar-refractivity contribution < 1.29 is 4.74 Å². The minimum Gasteiger partial charge on any atom is -0.495 e. The maximum Gasteiger partial charge on any atom is 0.247 e. The van der Waals surface area contributed by atoms with Crippen molar-refractivity contribution in [2.45, 2.75) is 26.7 Å². The summed E-state index contributed by atoms with van der Waals surface area (Å²) in [4.78, 5) is 9.06. The monoisotopic (exact) mass is 493 g/mol. The fourth-order valence-corrected chi connectivity index (χ4v) is 3.52. The summed E-state index contributed by atoms with van der Waals surface area (Å²) in [6.07, 6.45) is 5.48. The summed E-state index contributed by atoms with van der Waals surface area (Å²) in [5.74, 6) is 2.06. The van der Waals surface area contributed by atoms with Crippen LogP contribution in [-0.4, -0.2) is 29.5 Å². The van der Waals surface area contributed by atoms with Gasteiger partial charge in [-0.2, -0.15) is 20.2 Å². The molecule has 188 valence electrons. The molecule has 0 aliphatic heterocycles. The van der Waals surface area contributed by atoms with Gasteiger partial charge in [0.2, 0.25) is 5.95 Å². The Kier molecular flexibility index (Phi) is 8.80. The van der Waals surface area contributed by atoms with Crippen LogP contribution in [0.15, 0.2) is 89.1 Å². The molecule has 1 aromatic heterocycles. The van der Waals surface area contributed by atoms with Gasteiger partial charge in [-0.3, -0.25) is 5.43 Å². The third-order valence-corrected chi connectivity index (χ3v) is 5.64. The highest BCUT2D eigenvalue weighted by molar-refractivity contribution is 5.81. The van der Waals surface area contributed by atoms with E-state index in [1.807, 2.05) is 48.5 Å². The van der Waals surface area contributed by atoms with Gasteiger partial charge in [-0.25, -0.2) is 5.43 Å². The minimum atomic E-state index is 0.311. The van der Waals surface area contributed by atoms with Crippen molar-refractivity contribution in [3.63, 3.8) is 0 Å². The Morgan fingerprint density at radius 2 is 1.30 bits per heavy atom. The molecule has 1 heterocycles. The first-order chi connectivity index (χ1) is 18.2. The fourth-order valence-electron chi connectivity index (χ4n) is 3.52. The lowest BCUT2D eigenvalue weighted by Crippen LogP contribution is -2.04. The van der Waals surface area contributed by atoms with Crippen LogP contribution in [0, 0.1) is 0 Å². The van der Waals surface area contributed by atoms with Crippen molar-refractivity contribution in [1.82, 2.24) is 9.97 Å². The molecule has 0 atom stereocenters. The van der Waals surface area contributed by atoms with Gasteiger partial charge < -0.3 is 10.1 Å². The highest BCUT2D eigenvalue weighted by atomic mass is 16.5. The largest absolute Gasteiger partial charge is 0.495 e. The van der Waals surface area contributed by atoms with Crippen LogP contribution in [0.1, 0.15) is 36.1 Å². The van der Waals surface area contributed by atoms with E-state index in [-0.39, 0.29) is 0 Å². The number of nitrogens with zero attached hydrogens (tertiary/aromatic N) is 4. The van der Waals surface area contributed by atoms with Gasteiger partial charge in [0.1, 0.15) is 11.6 Å². The molecule has 4 rings (SSSR count). The zero-order chi connectivity index (χ0) is 25.9. The highest BCUT2D eigenvalue weighted by Gasteiger charge is 2.07. The van der Waals surface area contributed by atoms with E-state index >= 15 is 0 Å². The molecule has 0 aliphatic carbocycles. The van der Waals surface area contributed by atoms with E-state index < -0.39 is 0 Å². The first kappa shape index (κ1) is 25.4. The van der Waals surface area contributed by atoms with Gasteiger partial charge in [0.05, 0.1) is 25.2 Å². The average molecular weight is 494 g/mol. The Morgan fingerprint density at radius 1 is 0.730 bits per heavy atom. The first-order valence-corrected chi connectivity index (χ1v) is 12.2. The number of para-hydroxylation sites is 2. The second-order valence-corrected chi connectivity index (χ2v) is 8.22. The Labute approximate surface area is 217 Å². The molecule has 3 N–H and O–H groups in total. The molecule has 0 aliphatic rings. The lowest BCUT2D eigenvalue weighted by molar-refractivity contribution is 0.417. The van der Waals surface area contributed by atoms with Crippen molar-refractivity contribution in [3.8, 4) is 5.75 Å². The summed E-state index contributed by atoms with van der Waals surface area (Å²) in [6.45, 7) is 4.26. The number of hydrogen-bond acceptors (Lipinski definition) is 8. The van der Waals surface area contributed by atoms with Crippen molar-refractivity contribution >= 4 is 35.7 Å². The summed E-state index contributed by atoms with van der Waals surface area (Å²) in [7, 11) is 1.63. The van der Waals surface area contributed by atoms with E-state index in [4.69, 9.17) is 4.74 Å². The number of anilines is 4. The third-order valence-electron chi connectivity index (χ3n) is 5.64. The molecule has 0 saturated heterocycles. The van der Waals surface area contributed by atoms with E-state index in [1.54, 1.807) is 25.6 Å². The van der Waals surface area contributed by atoms with E-state index in [0.717, 1.165) is 29.7 Å². The fraction of sp³-hybridized carbons (Fsp3) is 0.172. The first-order valence-electron chi connectivity index (χ1n) is 12.2. The van der Waals surface area contributed by atoms with Gasteiger partial charge in [0.25, 0.3) is 0 Å². The Hall–Kier alpha value is -4.72. The topological polar surface area (TPSA) is 95.8 Å². The third kappa shape index (κ3) is 7.38. The van der Waals surface area contributed by atoms with Crippen LogP contribution in [0.2, 0.25) is 0 Å². The van der Waals surface area contributed by atoms with Gasteiger partial charge in [-0.1, -0.05) is 74.5 Å². The molecule has 37 heavy (non-hydrogen) atoms. The summed E-state index contributed by atoms with van der Waals surface area (Å²) >= 11 is 0. The van der Waals surface area contributed by atoms with Crippen molar-refractivity contribution in [1.29, 1.82) is 0 Å².